The summed E-state index contributed by atoms with van der Waals surface area (Å²) in [6, 6.07) is 8.71. The number of benzene rings is 1. The number of hydrazine groups is 1. The predicted molar refractivity (Wildman–Crippen MR) is 76.4 cm³/mol. The third-order valence-electron chi connectivity index (χ3n) is 3.92. The molecule has 2 aromatic rings. The summed E-state index contributed by atoms with van der Waals surface area (Å²) in [6.07, 6.45) is 6.27. The lowest BCUT2D eigenvalue weighted by molar-refractivity contribution is 0.361. The monoisotopic (exact) mass is 261 g/mol. The van der Waals surface area contributed by atoms with Gasteiger partial charge < -0.3 is 0 Å². The van der Waals surface area contributed by atoms with Crippen molar-refractivity contribution in [3.05, 3.63) is 29.3 Å². The smallest absolute Gasteiger partial charge is 0.0954 e. The summed E-state index contributed by atoms with van der Waals surface area (Å²) in [6.45, 7) is 0. The molecule has 1 aliphatic rings. The fraction of sp³-hybridized carbons (Fsp3) is 0.500. The van der Waals surface area contributed by atoms with E-state index in [4.69, 9.17) is 10.8 Å². The first-order valence-corrected chi connectivity index (χ1v) is 7.49. The summed E-state index contributed by atoms with van der Waals surface area (Å²) in [5.74, 6) is 6.45. The fourth-order valence-corrected chi connectivity index (χ4v) is 3.94. The van der Waals surface area contributed by atoms with Gasteiger partial charge in [0.05, 0.1) is 15.2 Å². The van der Waals surface area contributed by atoms with E-state index in [1.54, 1.807) is 11.3 Å². The molecular weight excluding hydrogens is 242 g/mol. The topological polar surface area (TPSA) is 50.9 Å². The Kier molecular flexibility index (Phi) is 3.59. The molecule has 96 valence electrons. The second kappa shape index (κ2) is 5.34. The predicted octanol–water partition coefficient (Wildman–Crippen LogP) is 2.86. The van der Waals surface area contributed by atoms with Crippen LogP contribution in [-0.2, 0) is 6.42 Å². The van der Waals surface area contributed by atoms with Crippen LogP contribution in [0, 0.1) is 5.92 Å². The van der Waals surface area contributed by atoms with Crippen molar-refractivity contribution >= 4 is 21.6 Å². The Labute approximate surface area is 111 Å². The van der Waals surface area contributed by atoms with Gasteiger partial charge in [-0.3, -0.25) is 11.3 Å². The molecule has 1 heterocycles. The van der Waals surface area contributed by atoms with Gasteiger partial charge in [0.2, 0.25) is 0 Å². The Morgan fingerprint density at radius 1 is 1.33 bits per heavy atom. The quantitative estimate of drug-likeness (QED) is 0.657. The molecule has 0 aliphatic heterocycles. The van der Waals surface area contributed by atoms with Crippen molar-refractivity contribution in [1.82, 2.24) is 10.4 Å². The van der Waals surface area contributed by atoms with Crippen LogP contribution in [0.25, 0.3) is 10.2 Å². The van der Waals surface area contributed by atoms with Crippen LogP contribution in [0.1, 0.15) is 30.7 Å². The zero-order valence-electron chi connectivity index (χ0n) is 10.4. The molecule has 0 saturated heterocycles. The molecular formula is C14H19N3S. The van der Waals surface area contributed by atoms with E-state index in [1.165, 1.54) is 35.4 Å². The molecule has 1 aromatic heterocycles. The molecule has 1 fully saturated rings. The molecule has 1 unspecified atom stereocenters. The van der Waals surface area contributed by atoms with Crippen LogP contribution in [0.5, 0.6) is 0 Å². The van der Waals surface area contributed by atoms with Crippen LogP contribution in [0.15, 0.2) is 24.3 Å². The number of nitrogens with two attached hydrogens (primary N) is 1. The van der Waals surface area contributed by atoms with E-state index in [0.29, 0.717) is 6.04 Å². The van der Waals surface area contributed by atoms with Gasteiger partial charge in [-0.05, 0) is 30.9 Å². The third-order valence-corrected chi connectivity index (χ3v) is 4.97. The maximum Gasteiger partial charge on any atom is 0.0954 e. The number of thiazole rings is 1. The number of para-hydroxylation sites is 1. The molecule has 1 atom stereocenters. The van der Waals surface area contributed by atoms with Crippen molar-refractivity contribution in [1.29, 1.82) is 0 Å². The van der Waals surface area contributed by atoms with Crippen LogP contribution in [-0.4, -0.2) is 11.0 Å². The third kappa shape index (κ3) is 2.41. The van der Waals surface area contributed by atoms with Crippen molar-refractivity contribution < 1.29 is 0 Å². The fourth-order valence-electron chi connectivity index (χ4n) is 2.92. The van der Waals surface area contributed by atoms with Crippen LogP contribution in [0.3, 0.4) is 0 Å². The zero-order valence-corrected chi connectivity index (χ0v) is 11.2. The van der Waals surface area contributed by atoms with Gasteiger partial charge in [0.15, 0.2) is 0 Å². The molecule has 0 bridgehead atoms. The highest BCUT2D eigenvalue weighted by atomic mass is 32.1. The second-order valence-corrected chi connectivity index (χ2v) is 6.21. The molecule has 18 heavy (non-hydrogen) atoms. The Hall–Kier alpha value is -0.970. The van der Waals surface area contributed by atoms with Crippen LogP contribution in [0.2, 0.25) is 0 Å². The average Bonchev–Trinajstić information content (AvgIpc) is 3.04. The largest absolute Gasteiger partial charge is 0.271 e. The number of rotatable bonds is 4. The van der Waals surface area contributed by atoms with Crippen molar-refractivity contribution in [2.75, 3.05) is 0 Å². The minimum absolute atomic E-state index is 0.382. The van der Waals surface area contributed by atoms with Crippen LogP contribution >= 0.6 is 11.3 Å². The lowest BCUT2D eigenvalue weighted by Gasteiger charge is -2.21. The lowest BCUT2D eigenvalue weighted by Crippen LogP contribution is -2.41. The summed E-state index contributed by atoms with van der Waals surface area (Å²) < 4.78 is 1.27. The highest BCUT2D eigenvalue weighted by Crippen LogP contribution is 2.30. The Balaban J connectivity index is 1.77. The lowest BCUT2D eigenvalue weighted by atomic mass is 9.96. The van der Waals surface area contributed by atoms with E-state index in [9.17, 15) is 0 Å². The number of hydrogen-bond acceptors (Lipinski definition) is 4. The SMILES string of the molecule is NNC(Cc1nc2ccccc2s1)C1CCCC1. The Morgan fingerprint density at radius 2 is 2.11 bits per heavy atom. The van der Waals surface area contributed by atoms with Crippen LogP contribution < -0.4 is 11.3 Å². The van der Waals surface area contributed by atoms with Gasteiger partial charge in [-0.1, -0.05) is 25.0 Å². The van der Waals surface area contributed by atoms with Gasteiger partial charge in [0, 0.05) is 12.5 Å². The van der Waals surface area contributed by atoms with Crippen molar-refractivity contribution in [2.24, 2.45) is 11.8 Å². The number of fused-ring (bicyclic) bond motifs is 1. The zero-order chi connectivity index (χ0) is 12.4. The van der Waals surface area contributed by atoms with Crippen LogP contribution in [0.4, 0.5) is 0 Å². The summed E-state index contributed by atoms with van der Waals surface area (Å²) in [5.41, 5.74) is 4.11. The molecule has 3 rings (SSSR count). The van der Waals surface area contributed by atoms with E-state index in [0.717, 1.165) is 17.9 Å². The molecule has 3 N–H and O–H groups in total. The molecule has 1 aromatic carbocycles. The number of aromatic nitrogens is 1. The summed E-state index contributed by atoms with van der Waals surface area (Å²) in [4.78, 5) is 4.69. The van der Waals surface area contributed by atoms with Gasteiger partial charge in [0.25, 0.3) is 0 Å². The minimum Gasteiger partial charge on any atom is -0.271 e. The highest BCUT2D eigenvalue weighted by Gasteiger charge is 2.25. The van der Waals surface area contributed by atoms with Crippen molar-refractivity contribution in [3.8, 4) is 0 Å². The minimum atomic E-state index is 0.382. The van der Waals surface area contributed by atoms with E-state index in [-0.39, 0.29) is 0 Å². The average molecular weight is 261 g/mol. The molecule has 0 radical (unpaired) electrons. The first-order chi connectivity index (χ1) is 8.86. The molecule has 1 saturated carbocycles. The molecule has 0 amide bonds. The van der Waals surface area contributed by atoms with Gasteiger partial charge in [0.1, 0.15) is 0 Å². The maximum absolute atomic E-state index is 5.72. The van der Waals surface area contributed by atoms with Crippen molar-refractivity contribution in [3.63, 3.8) is 0 Å². The Morgan fingerprint density at radius 3 is 2.83 bits per heavy atom. The first-order valence-electron chi connectivity index (χ1n) is 6.67. The van der Waals surface area contributed by atoms with Gasteiger partial charge in [-0.15, -0.1) is 11.3 Å². The number of nitrogens with one attached hydrogen (secondary N) is 1. The van der Waals surface area contributed by atoms with E-state index in [1.807, 2.05) is 6.07 Å². The van der Waals surface area contributed by atoms with E-state index < -0.39 is 0 Å². The standard InChI is InChI=1S/C14H19N3S/c15-17-12(10-5-1-2-6-10)9-14-16-11-7-3-4-8-13(11)18-14/h3-4,7-8,10,12,17H,1-2,5-6,9,15H2. The molecule has 0 spiro atoms. The van der Waals surface area contributed by atoms with E-state index in [2.05, 4.69) is 23.6 Å². The van der Waals surface area contributed by atoms with Gasteiger partial charge in [-0.2, -0.15) is 0 Å². The highest BCUT2D eigenvalue weighted by molar-refractivity contribution is 7.18. The second-order valence-electron chi connectivity index (χ2n) is 5.10. The van der Waals surface area contributed by atoms with Gasteiger partial charge >= 0.3 is 0 Å². The molecule has 3 nitrogen and oxygen atoms in total. The van der Waals surface area contributed by atoms with Gasteiger partial charge in [-0.25, -0.2) is 4.98 Å². The summed E-state index contributed by atoms with van der Waals surface area (Å²) in [5, 5.41) is 1.20. The maximum atomic E-state index is 5.72. The van der Waals surface area contributed by atoms with Crippen molar-refractivity contribution in [2.45, 2.75) is 38.1 Å². The number of hydrogen-bond donors (Lipinski definition) is 2. The summed E-state index contributed by atoms with van der Waals surface area (Å²) >= 11 is 1.79. The normalized spacial score (nSPS) is 18.5. The van der Waals surface area contributed by atoms with E-state index >= 15 is 0 Å². The molecule has 1 aliphatic carbocycles. The molecule has 4 heteroatoms. The summed E-state index contributed by atoms with van der Waals surface area (Å²) in [7, 11) is 0. The number of nitrogens with zero attached hydrogens (tertiary/aromatic N) is 1. The Bertz CT molecular complexity index is 483. The first kappa shape index (κ1) is 12.1.